The van der Waals surface area contributed by atoms with Gasteiger partial charge in [-0.05, 0) is 47.0 Å². The van der Waals surface area contributed by atoms with E-state index in [-0.39, 0.29) is 30.1 Å². The average Bonchev–Trinajstić information content (AvgIpc) is 2.99. The second-order valence-corrected chi connectivity index (χ2v) is 8.59. The molecule has 0 fully saturated rings. The highest BCUT2D eigenvalue weighted by molar-refractivity contribution is 6.12. The van der Waals surface area contributed by atoms with Crippen LogP contribution in [0.15, 0.2) is 97.1 Å². The lowest BCUT2D eigenvalue weighted by Gasteiger charge is -2.13. The highest BCUT2D eigenvalue weighted by Crippen LogP contribution is 2.25. The Bertz CT molecular complexity index is 1430. The van der Waals surface area contributed by atoms with Crippen LogP contribution in [0.4, 0.5) is 4.79 Å². The van der Waals surface area contributed by atoms with Crippen molar-refractivity contribution in [3.8, 4) is 11.5 Å². The number of nitrogens with two attached hydrogens (primary N) is 1. The van der Waals surface area contributed by atoms with Crippen molar-refractivity contribution in [3.05, 3.63) is 130 Å². The van der Waals surface area contributed by atoms with Crippen molar-refractivity contribution in [2.24, 2.45) is 5.73 Å². The molecule has 4 aromatic carbocycles. The van der Waals surface area contributed by atoms with E-state index in [0.29, 0.717) is 23.6 Å². The summed E-state index contributed by atoms with van der Waals surface area (Å²) in [7, 11) is 1.56. The van der Waals surface area contributed by atoms with Crippen LogP contribution in [0.5, 0.6) is 11.5 Å². The zero-order valence-corrected chi connectivity index (χ0v) is 21.4. The number of rotatable bonds is 10. The molecule has 0 heterocycles. The third kappa shape index (κ3) is 7.30. The van der Waals surface area contributed by atoms with E-state index in [1.165, 1.54) is 12.1 Å². The number of hydrogen-bond acceptors (Lipinski definition) is 7. The van der Waals surface area contributed by atoms with Gasteiger partial charge in [-0.15, -0.1) is 0 Å². The summed E-state index contributed by atoms with van der Waals surface area (Å²) in [5.41, 5.74) is 9.02. The molecule has 0 radical (unpaired) electrons. The summed E-state index contributed by atoms with van der Waals surface area (Å²) < 4.78 is 16.2. The summed E-state index contributed by atoms with van der Waals surface area (Å²) in [6.45, 7) is 0.623. The first kappa shape index (κ1) is 27.1. The van der Waals surface area contributed by atoms with Crippen LogP contribution in [0.3, 0.4) is 0 Å². The van der Waals surface area contributed by atoms with E-state index >= 15 is 0 Å². The van der Waals surface area contributed by atoms with Crippen molar-refractivity contribution in [2.45, 2.75) is 19.8 Å². The van der Waals surface area contributed by atoms with Crippen molar-refractivity contribution in [1.82, 2.24) is 5.32 Å². The summed E-state index contributed by atoms with van der Waals surface area (Å²) >= 11 is 0. The van der Waals surface area contributed by atoms with Gasteiger partial charge < -0.3 is 19.9 Å². The number of amides is 2. The zero-order valence-electron chi connectivity index (χ0n) is 21.4. The van der Waals surface area contributed by atoms with Gasteiger partial charge in [-0.1, -0.05) is 66.7 Å². The highest BCUT2D eigenvalue weighted by Gasteiger charge is 2.19. The fourth-order valence-corrected chi connectivity index (χ4v) is 3.72. The van der Waals surface area contributed by atoms with Gasteiger partial charge in [-0.25, -0.2) is 4.79 Å². The lowest BCUT2D eigenvalue weighted by molar-refractivity contribution is 0.0912. The van der Waals surface area contributed by atoms with E-state index in [2.05, 4.69) is 5.32 Å². The SMILES string of the molecule is COc1ccc(COC(=O)NC(=O)c2ccc(OCc3ccc(CN)cc3)c(C(=O)c3ccccc3)c2)cc1. The van der Waals surface area contributed by atoms with E-state index in [9.17, 15) is 14.4 Å². The Labute approximate surface area is 226 Å². The van der Waals surface area contributed by atoms with Gasteiger partial charge in [-0.3, -0.25) is 14.9 Å². The number of imide groups is 1. The van der Waals surface area contributed by atoms with E-state index in [4.69, 9.17) is 19.9 Å². The number of hydrogen-bond donors (Lipinski definition) is 2. The minimum Gasteiger partial charge on any atom is -0.497 e. The highest BCUT2D eigenvalue weighted by atomic mass is 16.5. The normalized spacial score (nSPS) is 10.4. The summed E-state index contributed by atoms with van der Waals surface area (Å²) in [5.74, 6) is -0.0388. The number of carbonyl (C=O) groups is 3. The second-order valence-electron chi connectivity index (χ2n) is 8.59. The molecular formula is C31H28N2O6. The zero-order chi connectivity index (χ0) is 27.6. The molecule has 4 rings (SSSR count). The summed E-state index contributed by atoms with van der Waals surface area (Å²) in [5, 5.41) is 2.20. The van der Waals surface area contributed by atoms with E-state index in [0.717, 1.165) is 16.7 Å². The molecule has 0 aliphatic rings. The first-order valence-corrected chi connectivity index (χ1v) is 12.2. The molecule has 3 N–H and O–H groups in total. The van der Waals surface area contributed by atoms with Gasteiger partial charge in [0.05, 0.1) is 12.7 Å². The average molecular weight is 525 g/mol. The summed E-state index contributed by atoms with van der Waals surface area (Å²) in [6, 6.07) is 27.7. The van der Waals surface area contributed by atoms with Crippen LogP contribution in [0.2, 0.25) is 0 Å². The van der Waals surface area contributed by atoms with Gasteiger partial charge in [0.25, 0.3) is 5.91 Å². The molecule has 0 saturated carbocycles. The van der Waals surface area contributed by atoms with Crippen LogP contribution in [0, 0.1) is 0 Å². The van der Waals surface area contributed by atoms with Crippen molar-refractivity contribution in [3.63, 3.8) is 0 Å². The minimum absolute atomic E-state index is 0.0279. The van der Waals surface area contributed by atoms with Crippen LogP contribution in [0.25, 0.3) is 0 Å². The molecule has 39 heavy (non-hydrogen) atoms. The quantitative estimate of drug-likeness (QED) is 0.280. The predicted octanol–water partition coefficient (Wildman–Crippen LogP) is 5.03. The number of nitrogens with one attached hydrogen (secondary N) is 1. The van der Waals surface area contributed by atoms with Crippen LogP contribution in [-0.4, -0.2) is 24.9 Å². The number of methoxy groups -OCH3 is 1. The van der Waals surface area contributed by atoms with Gasteiger partial charge in [0.2, 0.25) is 0 Å². The first-order valence-electron chi connectivity index (χ1n) is 12.2. The predicted molar refractivity (Wildman–Crippen MR) is 146 cm³/mol. The third-order valence-corrected chi connectivity index (χ3v) is 5.92. The van der Waals surface area contributed by atoms with Gasteiger partial charge in [0, 0.05) is 17.7 Å². The number of benzene rings is 4. The maximum Gasteiger partial charge on any atom is 0.414 e. The number of ether oxygens (including phenoxy) is 3. The lowest BCUT2D eigenvalue weighted by atomic mass is 10.00. The maximum atomic E-state index is 13.3. The summed E-state index contributed by atoms with van der Waals surface area (Å²) in [6.07, 6.45) is -0.909. The Morgan fingerprint density at radius 1 is 0.744 bits per heavy atom. The van der Waals surface area contributed by atoms with Crippen LogP contribution >= 0.6 is 0 Å². The van der Waals surface area contributed by atoms with Gasteiger partial charge in [-0.2, -0.15) is 0 Å². The second kappa shape index (κ2) is 13.0. The number of alkyl carbamates (subject to hydrolysis) is 1. The topological polar surface area (TPSA) is 117 Å². The Balaban J connectivity index is 1.48. The number of ketones is 1. The number of carbonyl (C=O) groups excluding carboxylic acids is 3. The van der Waals surface area contributed by atoms with Gasteiger partial charge >= 0.3 is 6.09 Å². The largest absolute Gasteiger partial charge is 0.497 e. The third-order valence-electron chi connectivity index (χ3n) is 5.92. The fourth-order valence-electron chi connectivity index (χ4n) is 3.72. The Morgan fingerprint density at radius 2 is 1.38 bits per heavy atom. The Morgan fingerprint density at radius 3 is 2.05 bits per heavy atom. The van der Waals surface area contributed by atoms with Crippen LogP contribution < -0.4 is 20.5 Å². The molecule has 0 saturated heterocycles. The molecule has 0 aliphatic heterocycles. The van der Waals surface area contributed by atoms with Crippen LogP contribution in [-0.2, 0) is 24.5 Å². The van der Waals surface area contributed by atoms with E-state index in [1.54, 1.807) is 67.8 Å². The van der Waals surface area contributed by atoms with Gasteiger partial charge in [0.1, 0.15) is 24.7 Å². The smallest absolute Gasteiger partial charge is 0.414 e. The van der Waals surface area contributed by atoms with Crippen LogP contribution in [0.1, 0.15) is 43.0 Å². The molecule has 0 aliphatic carbocycles. The lowest BCUT2D eigenvalue weighted by Crippen LogP contribution is -2.31. The molecule has 2 amide bonds. The van der Waals surface area contributed by atoms with E-state index in [1.807, 2.05) is 24.3 Å². The molecule has 0 bridgehead atoms. The molecule has 0 unspecified atom stereocenters. The van der Waals surface area contributed by atoms with Crippen molar-refractivity contribution < 1.29 is 28.6 Å². The first-order chi connectivity index (χ1) is 19.0. The Kier molecular flexibility index (Phi) is 9.05. The minimum atomic E-state index is -0.909. The summed E-state index contributed by atoms with van der Waals surface area (Å²) in [4.78, 5) is 38.4. The molecule has 4 aromatic rings. The molecule has 0 aromatic heterocycles. The van der Waals surface area contributed by atoms with Crippen molar-refractivity contribution in [2.75, 3.05) is 7.11 Å². The molecule has 8 nitrogen and oxygen atoms in total. The van der Waals surface area contributed by atoms with E-state index < -0.39 is 12.0 Å². The molecule has 198 valence electrons. The maximum absolute atomic E-state index is 13.3. The van der Waals surface area contributed by atoms with Crippen molar-refractivity contribution in [1.29, 1.82) is 0 Å². The Hall–Kier alpha value is -4.95. The fraction of sp³-hybridized carbons (Fsp3) is 0.129. The molecule has 0 atom stereocenters. The van der Waals surface area contributed by atoms with Crippen molar-refractivity contribution >= 4 is 17.8 Å². The molecular weight excluding hydrogens is 496 g/mol. The molecule has 8 heteroatoms. The van der Waals surface area contributed by atoms with Gasteiger partial charge in [0.15, 0.2) is 5.78 Å². The molecule has 0 spiro atoms. The standard InChI is InChI=1S/C31H28N2O6/c1-37-26-14-11-23(12-15-26)20-39-31(36)33-30(35)25-13-16-28(38-19-22-9-7-21(18-32)8-10-22)27(17-25)29(34)24-5-3-2-4-6-24/h2-17H,18-20,32H2,1H3,(H,33,35,36). The monoisotopic (exact) mass is 524 g/mol.